The number of carboxylic acid groups (broad SMARTS) is 1. The summed E-state index contributed by atoms with van der Waals surface area (Å²) in [4.78, 5) is 18.2. The van der Waals surface area contributed by atoms with Gasteiger partial charge in [-0.15, -0.1) is 0 Å². The third kappa shape index (κ3) is 7.09. The molecule has 0 bridgehead atoms. The number of likely N-dealkylation sites (tertiary alicyclic amines) is 1. The van der Waals surface area contributed by atoms with E-state index in [1.54, 1.807) is 13.3 Å². The Hall–Kier alpha value is -1.83. The number of hydrogen-bond donors (Lipinski definition) is 2. The highest BCUT2D eigenvalue weighted by atomic mass is 32.2. The predicted molar refractivity (Wildman–Crippen MR) is 137 cm³/mol. The lowest BCUT2D eigenvalue weighted by Gasteiger charge is -2.39. The third-order valence-electron chi connectivity index (χ3n) is 7.35. The van der Waals surface area contributed by atoms with Gasteiger partial charge in [-0.2, -0.15) is 11.8 Å². The van der Waals surface area contributed by atoms with E-state index in [1.807, 2.05) is 24.3 Å². The second kappa shape index (κ2) is 12.2. The van der Waals surface area contributed by atoms with E-state index in [0.717, 1.165) is 66.4 Å². The number of methoxy groups -OCH3 is 1. The SMILES string of the molecule is COc1ccc2nccc(C(O)CC[C@@H]3CCN(CCCSC4CC4)C[C@@H]3CCC(=O)O)c2c1. The Bertz CT molecular complexity index is 951. The van der Waals surface area contributed by atoms with Gasteiger partial charge in [0, 0.05) is 29.8 Å². The minimum Gasteiger partial charge on any atom is -0.497 e. The Morgan fingerprint density at radius 3 is 2.85 bits per heavy atom. The molecule has 2 fully saturated rings. The van der Waals surface area contributed by atoms with Gasteiger partial charge < -0.3 is 19.8 Å². The van der Waals surface area contributed by atoms with E-state index >= 15 is 0 Å². The van der Waals surface area contributed by atoms with E-state index in [0.29, 0.717) is 18.3 Å². The fraction of sp³-hybridized carbons (Fsp3) is 0.630. The third-order valence-corrected chi connectivity index (χ3v) is 8.82. The number of rotatable bonds is 13. The summed E-state index contributed by atoms with van der Waals surface area (Å²) in [7, 11) is 1.64. The summed E-state index contributed by atoms with van der Waals surface area (Å²) in [5.74, 6) is 2.11. The molecular formula is C27H38N2O4S. The molecule has 2 heterocycles. The Labute approximate surface area is 207 Å². The van der Waals surface area contributed by atoms with Crippen LogP contribution in [0.3, 0.4) is 0 Å². The maximum Gasteiger partial charge on any atom is 0.303 e. The van der Waals surface area contributed by atoms with Gasteiger partial charge in [-0.1, -0.05) is 0 Å². The number of aromatic nitrogens is 1. The smallest absolute Gasteiger partial charge is 0.303 e. The molecule has 4 rings (SSSR count). The van der Waals surface area contributed by atoms with Crippen molar-refractivity contribution in [3.8, 4) is 5.75 Å². The van der Waals surface area contributed by atoms with Crippen molar-refractivity contribution >= 4 is 28.6 Å². The standard InChI is InChI=1S/C27H38N2O4S/c1-33-21-5-8-25-24(17-21)23(11-13-28-25)26(30)9-3-19-12-15-29(14-2-16-34-22-6-7-22)18-20(19)4-10-27(31)32/h5,8,11,13,17,19-20,22,26,30H,2-4,6-7,9-10,12,14-16,18H2,1H3,(H,31,32)/t19-,20+,26?/m1/s1. The van der Waals surface area contributed by atoms with Gasteiger partial charge in [0.25, 0.3) is 0 Å². The molecule has 2 aromatic rings. The molecule has 1 aliphatic heterocycles. The van der Waals surface area contributed by atoms with Crippen molar-refractivity contribution in [3.05, 3.63) is 36.0 Å². The molecule has 7 heteroatoms. The van der Waals surface area contributed by atoms with E-state index in [2.05, 4.69) is 21.6 Å². The lowest BCUT2D eigenvalue weighted by Crippen LogP contribution is -2.41. The highest BCUT2D eigenvalue weighted by Crippen LogP contribution is 2.36. The summed E-state index contributed by atoms with van der Waals surface area (Å²) in [5.41, 5.74) is 1.74. The normalized spacial score (nSPS) is 22.1. The van der Waals surface area contributed by atoms with Gasteiger partial charge in [-0.25, -0.2) is 0 Å². The predicted octanol–water partition coefficient (Wildman–Crippen LogP) is 5.15. The monoisotopic (exact) mass is 486 g/mol. The summed E-state index contributed by atoms with van der Waals surface area (Å²) in [5, 5.41) is 22.2. The molecule has 1 unspecified atom stereocenters. The number of carbonyl (C=O) groups is 1. The maximum absolute atomic E-state index is 11.3. The summed E-state index contributed by atoms with van der Waals surface area (Å²) in [6.45, 7) is 3.18. The molecule has 34 heavy (non-hydrogen) atoms. The number of nitrogens with zero attached hydrogens (tertiary/aromatic N) is 2. The number of ether oxygens (including phenoxy) is 1. The van der Waals surface area contributed by atoms with E-state index in [1.165, 1.54) is 25.0 Å². The second-order valence-electron chi connectivity index (χ2n) is 9.84. The van der Waals surface area contributed by atoms with Crippen LogP contribution in [-0.2, 0) is 4.79 Å². The fourth-order valence-electron chi connectivity index (χ4n) is 5.24. The average molecular weight is 487 g/mol. The number of thioether (sulfide) groups is 1. The average Bonchev–Trinajstić information content (AvgIpc) is 3.68. The van der Waals surface area contributed by atoms with E-state index < -0.39 is 12.1 Å². The molecule has 186 valence electrons. The van der Waals surface area contributed by atoms with Crippen molar-refractivity contribution in [2.75, 3.05) is 32.5 Å². The quantitative estimate of drug-likeness (QED) is 0.379. The van der Waals surface area contributed by atoms with Crippen molar-refractivity contribution in [2.24, 2.45) is 11.8 Å². The zero-order chi connectivity index (χ0) is 23.9. The lowest BCUT2D eigenvalue weighted by atomic mass is 9.79. The van der Waals surface area contributed by atoms with Crippen molar-refractivity contribution < 1.29 is 19.7 Å². The van der Waals surface area contributed by atoms with Gasteiger partial charge in [0.2, 0.25) is 0 Å². The van der Waals surface area contributed by atoms with Gasteiger partial charge in [0.1, 0.15) is 5.75 Å². The molecule has 1 saturated carbocycles. The zero-order valence-electron chi connectivity index (χ0n) is 20.2. The number of piperidine rings is 1. The second-order valence-corrected chi connectivity index (χ2v) is 11.3. The zero-order valence-corrected chi connectivity index (χ0v) is 21.0. The van der Waals surface area contributed by atoms with Crippen molar-refractivity contribution in [2.45, 2.75) is 62.7 Å². The molecular weight excluding hydrogens is 448 g/mol. The Morgan fingerprint density at radius 1 is 1.24 bits per heavy atom. The van der Waals surface area contributed by atoms with Crippen LogP contribution in [0.25, 0.3) is 10.9 Å². The fourth-order valence-corrected chi connectivity index (χ4v) is 6.34. The molecule has 0 radical (unpaired) electrons. The molecule has 3 atom stereocenters. The van der Waals surface area contributed by atoms with E-state index in [9.17, 15) is 15.0 Å². The van der Waals surface area contributed by atoms with Crippen LogP contribution >= 0.6 is 11.8 Å². The first-order valence-electron chi connectivity index (χ1n) is 12.7. The number of aliphatic hydroxyl groups excluding tert-OH is 1. The number of benzene rings is 1. The summed E-state index contributed by atoms with van der Waals surface area (Å²) in [6, 6.07) is 7.65. The van der Waals surface area contributed by atoms with Crippen LogP contribution in [0.1, 0.15) is 63.0 Å². The van der Waals surface area contributed by atoms with Gasteiger partial charge in [-0.3, -0.25) is 9.78 Å². The van der Waals surface area contributed by atoms with E-state index in [4.69, 9.17) is 4.74 Å². The van der Waals surface area contributed by atoms with Crippen LogP contribution in [0.4, 0.5) is 0 Å². The number of fused-ring (bicyclic) bond motifs is 1. The first-order chi connectivity index (χ1) is 16.5. The summed E-state index contributed by atoms with van der Waals surface area (Å²) in [6.07, 6.45) is 8.78. The van der Waals surface area contributed by atoms with Crippen molar-refractivity contribution in [1.29, 1.82) is 0 Å². The summed E-state index contributed by atoms with van der Waals surface area (Å²) >= 11 is 2.11. The van der Waals surface area contributed by atoms with Gasteiger partial charge >= 0.3 is 5.97 Å². The highest BCUT2D eigenvalue weighted by Gasteiger charge is 2.30. The topological polar surface area (TPSA) is 82.9 Å². The number of pyridine rings is 1. The molecule has 2 N–H and O–H groups in total. The first kappa shape index (κ1) is 25.3. The number of aliphatic carboxylic acids is 1. The van der Waals surface area contributed by atoms with Gasteiger partial charge in [-0.05, 0) is 105 Å². The molecule has 1 aromatic heterocycles. The number of carboxylic acids is 1. The number of aliphatic hydroxyl groups is 1. The molecule has 0 amide bonds. The molecule has 6 nitrogen and oxygen atoms in total. The first-order valence-corrected chi connectivity index (χ1v) is 13.7. The Morgan fingerprint density at radius 2 is 2.09 bits per heavy atom. The van der Waals surface area contributed by atoms with Gasteiger partial charge in [0.05, 0.1) is 18.7 Å². The molecule has 1 aliphatic carbocycles. The molecule has 1 saturated heterocycles. The van der Waals surface area contributed by atoms with Crippen LogP contribution in [0.15, 0.2) is 30.5 Å². The van der Waals surface area contributed by atoms with Crippen LogP contribution in [0.5, 0.6) is 5.75 Å². The summed E-state index contributed by atoms with van der Waals surface area (Å²) < 4.78 is 5.37. The molecule has 2 aliphatic rings. The number of hydrogen-bond acceptors (Lipinski definition) is 6. The van der Waals surface area contributed by atoms with Crippen molar-refractivity contribution in [1.82, 2.24) is 9.88 Å². The van der Waals surface area contributed by atoms with Crippen molar-refractivity contribution in [3.63, 3.8) is 0 Å². The van der Waals surface area contributed by atoms with Crippen LogP contribution in [0.2, 0.25) is 0 Å². The largest absolute Gasteiger partial charge is 0.497 e. The van der Waals surface area contributed by atoms with Crippen LogP contribution in [0, 0.1) is 11.8 Å². The molecule has 1 aromatic carbocycles. The van der Waals surface area contributed by atoms with Crippen LogP contribution < -0.4 is 4.74 Å². The highest BCUT2D eigenvalue weighted by molar-refractivity contribution is 8.00. The van der Waals surface area contributed by atoms with Gasteiger partial charge in [0.15, 0.2) is 0 Å². The molecule has 0 spiro atoms. The minimum absolute atomic E-state index is 0.226. The Kier molecular flexibility index (Phi) is 9.09. The Balaban J connectivity index is 1.34. The lowest BCUT2D eigenvalue weighted by molar-refractivity contribution is -0.137. The van der Waals surface area contributed by atoms with E-state index in [-0.39, 0.29) is 6.42 Å². The maximum atomic E-state index is 11.3. The van der Waals surface area contributed by atoms with Crippen LogP contribution in [-0.4, -0.2) is 63.8 Å². The minimum atomic E-state index is -0.714.